The van der Waals surface area contributed by atoms with Crippen molar-refractivity contribution in [3.05, 3.63) is 55.8 Å². The average Bonchev–Trinajstić information content (AvgIpc) is 3.01. The van der Waals surface area contributed by atoms with Crippen LogP contribution in [0.1, 0.15) is 5.56 Å². The fourth-order valence-electron chi connectivity index (χ4n) is 2.60. The van der Waals surface area contributed by atoms with Crippen LogP contribution in [0.25, 0.3) is 6.08 Å². The van der Waals surface area contributed by atoms with Gasteiger partial charge in [0.25, 0.3) is 5.91 Å². The Labute approximate surface area is 189 Å². The second-order valence-electron chi connectivity index (χ2n) is 5.93. The van der Waals surface area contributed by atoms with Gasteiger partial charge in [0.1, 0.15) is 0 Å². The van der Waals surface area contributed by atoms with Crippen LogP contribution in [0, 0.1) is 0 Å². The number of para-hydroxylation sites is 1. The van der Waals surface area contributed by atoms with E-state index in [4.69, 9.17) is 9.47 Å². The molecule has 0 bridgehead atoms. The molecule has 3 rings (SSSR count). The SMILES string of the molecule is COCCN1C(=O)/C(=C/c2cc(OC)c(O)c(Br)c2Br)SC1=Nc1ccccc1. The Hall–Kier alpha value is -1.81. The first-order valence-corrected chi connectivity index (χ1v) is 11.0. The lowest BCUT2D eigenvalue weighted by atomic mass is 10.2. The number of thioether (sulfide) groups is 1. The van der Waals surface area contributed by atoms with E-state index in [1.165, 1.54) is 18.9 Å². The molecule has 0 spiro atoms. The number of amidine groups is 1. The van der Waals surface area contributed by atoms with Crippen molar-refractivity contribution >= 4 is 66.5 Å². The molecular formula is C20H18Br2N2O4S. The number of aromatic hydroxyl groups is 1. The summed E-state index contributed by atoms with van der Waals surface area (Å²) < 4.78 is 11.4. The minimum Gasteiger partial charge on any atom is -0.503 e. The van der Waals surface area contributed by atoms with Crippen molar-refractivity contribution in [1.29, 1.82) is 0 Å². The van der Waals surface area contributed by atoms with Crippen LogP contribution in [0.2, 0.25) is 0 Å². The third kappa shape index (κ3) is 4.85. The normalized spacial score (nSPS) is 16.8. The van der Waals surface area contributed by atoms with Crippen molar-refractivity contribution in [2.45, 2.75) is 0 Å². The molecule has 2 aromatic rings. The van der Waals surface area contributed by atoms with Crippen molar-refractivity contribution in [2.75, 3.05) is 27.4 Å². The molecule has 0 radical (unpaired) electrons. The smallest absolute Gasteiger partial charge is 0.266 e. The van der Waals surface area contributed by atoms with Gasteiger partial charge in [-0.3, -0.25) is 9.69 Å². The van der Waals surface area contributed by atoms with Gasteiger partial charge >= 0.3 is 0 Å². The number of halogens is 2. The van der Waals surface area contributed by atoms with Crippen LogP contribution in [0.5, 0.6) is 11.5 Å². The summed E-state index contributed by atoms with van der Waals surface area (Å²) in [4.78, 5) is 19.8. The lowest BCUT2D eigenvalue weighted by Crippen LogP contribution is -2.32. The molecule has 2 aromatic carbocycles. The van der Waals surface area contributed by atoms with Crippen molar-refractivity contribution < 1.29 is 19.4 Å². The van der Waals surface area contributed by atoms with Gasteiger partial charge in [0.2, 0.25) is 0 Å². The monoisotopic (exact) mass is 540 g/mol. The maximum absolute atomic E-state index is 13.0. The number of hydrogen-bond donors (Lipinski definition) is 1. The third-order valence-electron chi connectivity index (χ3n) is 4.07. The predicted octanol–water partition coefficient (Wildman–Crippen LogP) is 5.18. The second-order valence-corrected chi connectivity index (χ2v) is 8.53. The summed E-state index contributed by atoms with van der Waals surface area (Å²) in [6, 6.07) is 11.1. The zero-order chi connectivity index (χ0) is 21.0. The third-order valence-corrected chi connectivity index (χ3v) is 7.23. The van der Waals surface area contributed by atoms with E-state index >= 15 is 0 Å². The molecule has 1 amide bonds. The summed E-state index contributed by atoms with van der Waals surface area (Å²) in [6.07, 6.45) is 1.75. The molecule has 9 heteroatoms. The van der Waals surface area contributed by atoms with Gasteiger partial charge in [-0.2, -0.15) is 0 Å². The fraction of sp³-hybridized carbons (Fsp3) is 0.200. The van der Waals surface area contributed by atoms with E-state index in [0.29, 0.717) is 43.5 Å². The molecule has 1 heterocycles. The quantitative estimate of drug-likeness (QED) is 0.510. The van der Waals surface area contributed by atoms with Crippen LogP contribution in [-0.4, -0.2) is 48.5 Å². The fourth-order valence-corrected chi connectivity index (χ4v) is 4.45. The van der Waals surface area contributed by atoms with Crippen molar-refractivity contribution in [3.8, 4) is 11.5 Å². The van der Waals surface area contributed by atoms with Crippen LogP contribution in [-0.2, 0) is 9.53 Å². The number of nitrogens with zero attached hydrogens (tertiary/aromatic N) is 2. The van der Waals surface area contributed by atoms with Gasteiger partial charge in [-0.05, 0) is 73.5 Å². The van der Waals surface area contributed by atoms with E-state index in [1.54, 1.807) is 24.2 Å². The van der Waals surface area contributed by atoms with E-state index in [0.717, 1.165) is 5.69 Å². The number of rotatable bonds is 6. The Balaban J connectivity index is 2.01. The Bertz CT molecular complexity index is 980. The number of phenolic OH excluding ortho intramolecular Hbond substituents is 1. The van der Waals surface area contributed by atoms with Crippen LogP contribution in [0.3, 0.4) is 0 Å². The summed E-state index contributed by atoms with van der Waals surface area (Å²) >= 11 is 8.09. The molecule has 0 aliphatic carbocycles. The maximum atomic E-state index is 13.0. The van der Waals surface area contributed by atoms with E-state index < -0.39 is 0 Å². The second kappa shape index (κ2) is 9.80. The molecule has 152 valence electrons. The first-order chi connectivity index (χ1) is 14.0. The molecule has 0 saturated carbocycles. The zero-order valence-corrected chi connectivity index (χ0v) is 19.7. The Kier molecular flexibility index (Phi) is 7.39. The van der Waals surface area contributed by atoms with Crippen LogP contribution < -0.4 is 4.74 Å². The van der Waals surface area contributed by atoms with E-state index in [2.05, 4.69) is 36.9 Å². The molecule has 1 saturated heterocycles. The number of hydrogen-bond acceptors (Lipinski definition) is 6. The van der Waals surface area contributed by atoms with Gasteiger partial charge in [0, 0.05) is 11.6 Å². The lowest BCUT2D eigenvalue weighted by molar-refractivity contribution is -0.122. The molecule has 0 atom stereocenters. The van der Waals surface area contributed by atoms with Crippen molar-refractivity contribution in [1.82, 2.24) is 4.90 Å². The highest BCUT2D eigenvalue weighted by molar-refractivity contribution is 9.13. The minimum absolute atomic E-state index is 0.0139. The lowest BCUT2D eigenvalue weighted by Gasteiger charge is -2.14. The number of amides is 1. The largest absolute Gasteiger partial charge is 0.503 e. The number of aliphatic imine (C=N–C) groups is 1. The molecule has 1 aliphatic rings. The van der Waals surface area contributed by atoms with Crippen molar-refractivity contribution in [2.24, 2.45) is 4.99 Å². The minimum atomic E-state index is -0.156. The standard InChI is InChI=1S/C20H18Br2N2O4S/c1-27-9-8-24-19(26)15(29-20(24)23-13-6-4-3-5-7-13)11-12-10-14(28-2)18(25)17(22)16(12)21/h3-7,10-11,25H,8-9H2,1-2H3/b15-11-,23-20?. The Morgan fingerprint density at radius 1 is 1.21 bits per heavy atom. The zero-order valence-electron chi connectivity index (χ0n) is 15.7. The van der Waals surface area contributed by atoms with Gasteiger partial charge in [-0.1, -0.05) is 18.2 Å². The number of ether oxygens (including phenoxy) is 2. The molecule has 1 N–H and O–H groups in total. The average molecular weight is 542 g/mol. The summed E-state index contributed by atoms with van der Waals surface area (Å²) in [5.74, 6) is 0.133. The van der Waals surface area contributed by atoms with Gasteiger partial charge in [-0.25, -0.2) is 4.99 Å². The maximum Gasteiger partial charge on any atom is 0.266 e. The number of carbonyl (C=O) groups excluding carboxylic acids is 1. The number of methoxy groups -OCH3 is 2. The van der Waals surface area contributed by atoms with Crippen LogP contribution in [0.15, 0.2) is 55.2 Å². The van der Waals surface area contributed by atoms with Crippen molar-refractivity contribution in [3.63, 3.8) is 0 Å². The highest BCUT2D eigenvalue weighted by Gasteiger charge is 2.33. The summed E-state index contributed by atoms with van der Waals surface area (Å²) in [6.45, 7) is 0.796. The topological polar surface area (TPSA) is 71.4 Å². The number of phenols is 1. The molecule has 0 aromatic heterocycles. The molecular weight excluding hydrogens is 524 g/mol. The summed E-state index contributed by atoms with van der Waals surface area (Å²) in [5, 5.41) is 10.7. The van der Waals surface area contributed by atoms with Gasteiger partial charge in [-0.15, -0.1) is 0 Å². The van der Waals surface area contributed by atoms with Gasteiger partial charge in [0.05, 0.1) is 35.3 Å². The molecule has 0 unspecified atom stereocenters. The van der Waals surface area contributed by atoms with E-state index in [1.807, 2.05) is 30.3 Å². The summed E-state index contributed by atoms with van der Waals surface area (Å²) in [5.41, 5.74) is 1.46. The summed E-state index contributed by atoms with van der Waals surface area (Å²) in [7, 11) is 3.06. The number of benzene rings is 2. The molecule has 1 aliphatic heterocycles. The first kappa shape index (κ1) is 21.9. The Morgan fingerprint density at radius 2 is 1.93 bits per heavy atom. The Morgan fingerprint density at radius 3 is 2.59 bits per heavy atom. The molecule has 29 heavy (non-hydrogen) atoms. The first-order valence-electron chi connectivity index (χ1n) is 8.55. The van der Waals surface area contributed by atoms with E-state index in [-0.39, 0.29) is 11.7 Å². The molecule has 1 fully saturated rings. The van der Waals surface area contributed by atoms with Gasteiger partial charge in [0.15, 0.2) is 16.7 Å². The van der Waals surface area contributed by atoms with Crippen LogP contribution in [0.4, 0.5) is 5.69 Å². The highest BCUT2D eigenvalue weighted by atomic mass is 79.9. The van der Waals surface area contributed by atoms with Crippen LogP contribution >= 0.6 is 43.6 Å². The van der Waals surface area contributed by atoms with Gasteiger partial charge < -0.3 is 14.6 Å². The predicted molar refractivity (Wildman–Crippen MR) is 123 cm³/mol. The molecule has 6 nitrogen and oxygen atoms in total. The number of carbonyl (C=O) groups is 1. The highest BCUT2D eigenvalue weighted by Crippen LogP contribution is 2.43. The van der Waals surface area contributed by atoms with E-state index in [9.17, 15) is 9.90 Å².